The summed E-state index contributed by atoms with van der Waals surface area (Å²) in [5.74, 6) is 0. The summed E-state index contributed by atoms with van der Waals surface area (Å²) in [7, 11) is 1.66. The van der Waals surface area contributed by atoms with Crippen molar-refractivity contribution in [1.82, 2.24) is 0 Å². The summed E-state index contributed by atoms with van der Waals surface area (Å²) in [5.41, 5.74) is 2.22. The molecule has 0 aliphatic rings. The van der Waals surface area contributed by atoms with Crippen LogP contribution in [0.3, 0.4) is 0 Å². The molecule has 0 amide bonds. The van der Waals surface area contributed by atoms with E-state index in [0.29, 0.717) is 6.61 Å². The number of hydrogen-bond acceptors (Lipinski definition) is 3. The van der Waals surface area contributed by atoms with Crippen molar-refractivity contribution in [3.63, 3.8) is 0 Å². The molecule has 0 N–H and O–H groups in total. The molecule has 0 aromatic heterocycles. The zero-order chi connectivity index (χ0) is 19.2. The van der Waals surface area contributed by atoms with Crippen LogP contribution in [-0.4, -0.2) is 19.3 Å². The minimum absolute atomic E-state index is 0.528. The SMILES string of the molecule is CCOP(=S)(C=P(c1ccccc1)(c1ccccc1)c1ccccc1)OC. The molecule has 27 heavy (non-hydrogen) atoms. The van der Waals surface area contributed by atoms with E-state index < -0.39 is 13.4 Å². The van der Waals surface area contributed by atoms with Crippen molar-refractivity contribution in [3.8, 4) is 0 Å². The van der Waals surface area contributed by atoms with Crippen LogP contribution in [0.2, 0.25) is 0 Å². The summed E-state index contributed by atoms with van der Waals surface area (Å²) in [6.45, 7) is -2.22. The normalized spacial score (nSPS) is 13.7. The molecule has 1 unspecified atom stereocenters. The smallest absolute Gasteiger partial charge is 0.213 e. The molecule has 5 heteroatoms. The molecule has 0 saturated heterocycles. The number of hydrogen-bond donors (Lipinski definition) is 0. The lowest BCUT2D eigenvalue weighted by Crippen LogP contribution is -2.27. The second-order valence-electron chi connectivity index (χ2n) is 5.99. The Kier molecular flexibility index (Phi) is 6.87. The third-order valence-corrected chi connectivity index (χ3v) is 13.0. The summed E-state index contributed by atoms with van der Waals surface area (Å²) in [4.78, 5) is 0. The van der Waals surface area contributed by atoms with Crippen LogP contribution in [0.4, 0.5) is 0 Å². The largest absolute Gasteiger partial charge is 0.330 e. The van der Waals surface area contributed by atoms with Gasteiger partial charge in [0.25, 0.3) is 0 Å². The van der Waals surface area contributed by atoms with Gasteiger partial charge < -0.3 is 9.05 Å². The lowest BCUT2D eigenvalue weighted by molar-refractivity contribution is 0.307. The molecule has 3 rings (SSSR count). The fraction of sp³-hybridized carbons (Fsp3) is 0.136. The van der Waals surface area contributed by atoms with E-state index in [1.165, 1.54) is 15.9 Å². The van der Waals surface area contributed by atoms with Crippen molar-refractivity contribution in [1.29, 1.82) is 0 Å². The number of benzene rings is 3. The van der Waals surface area contributed by atoms with Gasteiger partial charge in [0.05, 0.1) is 6.61 Å². The van der Waals surface area contributed by atoms with E-state index in [1.807, 2.05) is 25.1 Å². The van der Waals surface area contributed by atoms with Crippen LogP contribution in [0.1, 0.15) is 6.92 Å². The zero-order valence-corrected chi connectivity index (χ0v) is 18.2. The lowest BCUT2D eigenvalue weighted by Gasteiger charge is -2.31. The molecule has 0 aliphatic heterocycles. The highest BCUT2D eigenvalue weighted by molar-refractivity contribution is 8.23. The summed E-state index contributed by atoms with van der Waals surface area (Å²) in [6.07, 6.45) is 0. The molecular formula is C22H24O2P2S. The Morgan fingerprint density at radius 2 is 1.11 bits per heavy atom. The lowest BCUT2D eigenvalue weighted by atomic mass is 10.4. The third kappa shape index (κ3) is 4.35. The average Bonchev–Trinajstić information content (AvgIpc) is 2.74. The molecule has 0 aliphatic carbocycles. The van der Waals surface area contributed by atoms with Crippen LogP contribution < -0.4 is 15.9 Å². The first-order chi connectivity index (χ1) is 13.1. The minimum Gasteiger partial charge on any atom is -0.330 e. The first-order valence-corrected chi connectivity index (χ1v) is 13.4. The molecule has 0 spiro atoms. The standard InChI is InChI=1S/C22H24O2P2S/c1-3-24-26(27,23-2)19-25(20-13-7-4-8-14-20,21-15-9-5-10-16-21)22-17-11-6-12-18-22/h4-19H,3H2,1-2H3. The monoisotopic (exact) mass is 414 g/mol. The Balaban J connectivity index is 2.46. The Morgan fingerprint density at radius 3 is 1.41 bits per heavy atom. The average molecular weight is 414 g/mol. The highest BCUT2D eigenvalue weighted by Gasteiger charge is 2.29. The van der Waals surface area contributed by atoms with E-state index >= 15 is 0 Å². The van der Waals surface area contributed by atoms with Gasteiger partial charge in [-0.2, -0.15) is 0 Å². The van der Waals surface area contributed by atoms with Crippen LogP contribution in [0.15, 0.2) is 91.0 Å². The predicted molar refractivity (Wildman–Crippen MR) is 124 cm³/mol. The van der Waals surface area contributed by atoms with Gasteiger partial charge in [0.2, 0.25) is 6.49 Å². The second-order valence-corrected chi connectivity index (χ2v) is 13.1. The van der Waals surface area contributed by atoms with Gasteiger partial charge in [0.1, 0.15) is 0 Å². The van der Waals surface area contributed by atoms with Gasteiger partial charge in [0.15, 0.2) is 0 Å². The van der Waals surface area contributed by atoms with Crippen LogP contribution >= 0.6 is 13.4 Å². The Labute approximate surface area is 167 Å². The summed E-state index contributed by atoms with van der Waals surface area (Å²) >= 11 is 5.89. The second kappa shape index (κ2) is 9.15. The van der Waals surface area contributed by atoms with E-state index in [4.69, 9.17) is 20.9 Å². The van der Waals surface area contributed by atoms with E-state index in [2.05, 4.69) is 78.3 Å². The first kappa shape index (κ1) is 20.3. The highest BCUT2D eigenvalue weighted by Crippen LogP contribution is 2.56. The van der Waals surface area contributed by atoms with Gasteiger partial charge >= 0.3 is 0 Å². The molecule has 0 heterocycles. The molecule has 0 radical (unpaired) electrons. The van der Waals surface area contributed by atoms with Crippen LogP contribution in [0.25, 0.3) is 0 Å². The summed E-state index contributed by atoms with van der Waals surface area (Å²) in [6, 6.07) is 31.8. The molecule has 0 saturated carbocycles. The third-order valence-electron chi connectivity index (χ3n) is 4.37. The number of rotatable bonds is 7. The van der Waals surface area contributed by atoms with Gasteiger partial charge in [-0.1, -0.05) is 91.0 Å². The van der Waals surface area contributed by atoms with E-state index in [1.54, 1.807) is 7.11 Å². The fourth-order valence-corrected chi connectivity index (χ4v) is 12.0. The van der Waals surface area contributed by atoms with Crippen molar-refractivity contribution in [2.24, 2.45) is 0 Å². The van der Waals surface area contributed by atoms with E-state index in [9.17, 15) is 0 Å². The topological polar surface area (TPSA) is 18.5 Å². The Morgan fingerprint density at radius 1 is 0.741 bits per heavy atom. The van der Waals surface area contributed by atoms with Crippen LogP contribution in [0.5, 0.6) is 0 Å². The van der Waals surface area contributed by atoms with Crippen LogP contribution in [-0.2, 0) is 20.9 Å². The highest BCUT2D eigenvalue weighted by atomic mass is 32.5. The van der Waals surface area contributed by atoms with Crippen molar-refractivity contribution in [2.45, 2.75) is 6.92 Å². The molecular weight excluding hydrogens is 390 g/mol. The Bertz CT molecular complexity index is 854. The maximum atomic E-state index is 5.97. The molecule has 0 bridgehead atoms. The van der Waals surface area contributed by atoms with Gasteiger partial charge in [-0.15, -0.1) is 0 Å². The van der Waals surface area contributed by atoms with Gasteiger partial charge in [0, 0.05) is 12.6 Å². The van der Waals surface area contributed by atoms with Crippen LogP contribution in [0, 0.1) is 0 Å². The summed E-state index contributed by atoms with van der Waals surface area (Å²) in [5, 5.41) is 3.73. The van der Waals surface area contributed by atoms with Crippen molar-refractivity contribution in [3.05, 3.63) is 91.0 Å². The van der Waals surface area contributed by atoms with Crippen molar-refractivity contribution >= 4 is 46.6 Å². The van der Waals surface area contributed by atoms with E-state index in [0.717, 1.165) is 0 Å². The van der Waals surface area contributed by atoms with Crippen molar-refractivity contribution < 1.29 is 9.05 Å². The Hall–Kier alpha value is -1.47. The van der Waals surface area contributed by atoms with Gasteiger partial charge in [-0.3, -0.25) is 0 Å². The molecule has 2 nitrogen and oxygen atoms in total. The first-order valence-electron chi connectivity index (χ1n) is 8.87. The maximum Gasteiger partial charge on any atom is 0.213 e. The quantitative estimate of drug-likeness (QED) is 0.521. The molecule has 1 atom stereocenters. The molecule has 3 aromatic carbocycles. The predicted octanol–water partition coefficient (Wildman–Crippen LogP) is 4.73. The van der Waals surface area contributed by atoms with E-state index in [-0.39, 0.29) is 0 Å². The fourth-order valence-electron chi connectivity index (χ4n) is 3.16. The molecule has 3 aromatic rings. The molecule has 140 valence electrons. The maximum absolute atomic E-state index is 5.97. The van der Waals surface area contributed by atoms with Crippen molar-refractivity contribution in [2.75, 3.05) is 13.7 Å². The minimum atomic E-state index is -2.56. The van der Waals surface area contributed by atoms with Gasteiger partial charge in [-0.25, -0.2) is 0 Å². The summed E-state index contributed by atoms with van der Waals surface area (Å²) < 4.78 is 11.7. The van der Waals surface area contributed by atoms with Gasteiger partial charge in [-0.05, 0) is 41.5 Å². The zero-order valence-electron chi connectivity index (χ0n) is 15.6. The molecule has 0 fully saturated rings.